The topological polar surface area (TPSA) is 113 Å². The summed E-state index contributed by atoms with van der Waals surface area (Å²) in [5.74, 6) is 0.343. The molecule has 7 nitrogen and oxygen atoms in total. The zero-order valence-corrected chi connectivity index (χ0v) is 11.6. The lowest BCUT2D eigenvalue weighted by Crippen LogP contribution is -2.07. The zero-order valence-electron chi connectivity index (χ0n) is 10.7. The molecule has 0 aliphatic heterocycles. The van der Waals surface area contributed by atoms with Gasteiger partial charge in [0.1, 0.15) is 5.56 Å². The summed E-state index contributed by atoms with van der Waals surface area (Å²) in [5.41, 5.74) is -0.205. The van der Waals surface area contributed by atoms with Gasteiger partial charge < -0.3 is 15.5 Å². The van der Waals surface area contributed by atoms with Gasteiger partial charge >= 0.3 is 5.97 Å². The van der Waals surface area contributed by atoms with Crippen LogP contribution in [-0.2, 0) is 0 Å². The number of rotatable bonds is 9. The molecule has 0 radical (unpaired) electrons. The normalized spacial score (nSPS) is 10.2. The number of benzene rings is 1. The van der Waals surface area contributed by atoms with E-state index >= 15 is 0 Å². The molecule has 0 fully saturated rings. The first-order valence-electron chi connectivity index (χ1n) is 6.00. The van der Waals surface area contributed by atoms with E-state index in [2.05, 4.69) is 5.32 Å². The van der Waals surface area contributed by atoms with Crippen molar-refractivity contribution < 1.29 is 19.9 Å². The average molecular weight is 300 g/mol. The number of nitro groups is 1. The fourth-order valence-electron chi connectivity index (χ4n) is 1.51. The van der Waals surface area contributed by atoms with Crippen molar-refractivity contribution in [3.8, 4) is 0 Å². The Kier molecular flexibility index (Phi) is 6.82. The van der Waals surface area contributed by atoms with E-state index in [0.29, 0.717) is 12.2 Å². The van der Waals surface area contributed by atoms with Gasteiger partial charge in [0, 0.05) is 30.7 Å². The second-order valence-corrected chi connectivity index (χ2v) is 5.14. The second kappa shape index (κ2) is 8.39. The fraction of sp³-hybridized carbons (Fsp3) is 0.417. The number of nitrogens with zero attached hydrogens (tertiary/aromatic N) is 1. The van der Waals surface area contributed by atoms with Crippen LogP contribution in [0.25, 0.3) is 0 Å². The van der Waals surface area contributed by atoms with Gasteiger partial charge in [0.15, 0.2) is 0 Å². The molecule has 0 amide bonds. The average Bonchev–Trinajstić information content (AvgIpc) is 2.42. The number of carboxylic acids is 1. The molecule has 0 aliphatic rings. The number of aromatic carboxylic acids is 1. The monoisotopic (exact) mass is 300 g/mol. The summed E-state index contributed by atoms with van der Waals surface area (Å²) in [6.45, 7) is 0.789. The van der Waals surface area contributed by atoms with E-state index in [0.717, 1.165) is 17.9 Å². The number of carbonyl (C=O) groups is 1. The smallest absolute Gasteiger partial charge is 0.342 e. The molecular formula is C12H16N2O5S. The van der Waals surface area contributed by atoms with E-state index in [-0.39, 0.29) is 12.2 Å². The van der Waals surface area contributed by atoms with Crippen LogP contribution in [-0.4, -0.2) is 45.8 Å². The van der Waals surface area contributed by atoms with Gasteiger partial charge in [-0.15, -0.1) is 0 Å². The first-order valence-corrected chi connectivity index (χ1v) is 7.16. The molecule has 1 aromatic rings. The van der Waals surface area contributed by atoms with Gasteiger partial charge in [-0.05, 0) is 24.3 Å². The highest BCUT2D eigenvalue weighted by Crippen LogP contribution is 2.22. The summed E-state index contributed by atoms with van der Waals surface area (Å²) < 4.78 is 0. The third kappa shape index (κ3) is 5.06. The molecule has 1 aromatic carbocycles. The Morgan fingerprint density at radius 1 is 1.40 bits per heavy atom. The minimum atomic E-state index is -1.32. The maximum atomic E-state index is 11.0. The van der Waals surface area contributed by atoms with Gasteiger partial charge in [0.2, 0.25) is 0 Å². The van der Waals surface area contributed by atoms with Crippen LogP contribution in [0.5, 0.6) is 0 Å². The quantitative estimate of drug-likeness (QED) is 0.362. The van der Waals surface area contributed by atoms with E-state index in [1.54, 1.807) is 11.8 Å². The van der Waals surface area contributed by atoms with Crippen molar-refractivity contribution >= 4 is 29.1 Å². The fourth-order valence-corrected chi connectivity index (χ4v) is 2.30. The Labute approximate surface area is 120 Å². The largest absolute Gasteiger partial charge is 0.477 e. The van der Waals surface area contributed by atoms with Crippen molar-refractivity contribution in [2.75, 3.05) is 30.0 Å². The second-order valence-electron chi connectivity index (χ2n) is 3.91. The molecule has 0 spiro atoms. The summed E-state index contributed by atoms with van der Waals surface area (Å²) in [5, 5.41) is 31.3. The summed E-state index contributed by atoms with van der Waals surface area (Å²) in [7, 11) is 0. The molecule has 0 saturated heterocycles. The van der Waals surface area contributed by atoms with Crippen LogP contribution >= 0.6 is 11.8 Å². The number of nitro benzene ring substituents is 1. The van der Waals surface area contributed by atoms with E-state index in [4.69, 9.17) is 10.2 Å². The van der Waals surface area contributed by atoms with Crippen molar-refractivity contribution in [2.45, 2.75) is 6.42 Å². The number of nitrogens with one attached hydrogen (secondary N) is 1. The Morgan fingerprint density at radius 3 is 2.75 bits per heavy atom. The molecule has 1 rings (SSSR count). The van der Waals surface area contributed by atoms with Gasteiger partial charge in [-0.25, -0.2) is 4.79 Å². The van der Waals surface area contributed by atoms with Gasteiger partial charge in [-0.2, -0.15) is 11.8 Å². The Bertz CT molecular complexity index is 481. The molecule has 0 aromatic heterocycles. The van der Waals surface area contributed by atoms with Crippen LogP contribution in [0.15, 0.2) is 18.2 Å². The van der Waals surface area contributed by atoms with Crippen molar-refractivity contribution in [1.29, 1.82) is 0 Å². The molecule has 110 valence electrons. The van der Waals surface area contributed by atoms with Crippen LogP contribution < -0.4 is 5.32 Å². The predicted octanol–water partition coefficient (Wildman–Crippen LogP) is 1.82. The number of carboxylic acid groups (broad SMARTS) is 1. The molecule has 0 unspecified atom stereocenters. The third-order valence-corrected chi connectivity index (χ3v) is 3.52. The van der Waals surface area contributed by atoms with E-state index < -0.39 is 16.6 Å². The molecule has 20 heavy (non-hydrogen) atoms. The third-order valence-electron chi connectivity index (χ3n) is 2.45. The Morgan fingerprint density at radius 2 is 2.15 bits per heavy atom. The highest BCUT2D eigenvalue weighted by molar-refractivity contribution is 7.99. The first kappa shape index (κ1) is 16.3. The first-order chi connectivity index (χ1) is 9.56. The summed E-state index contributed by atoms with van der Waals surface area (Å²) >= 11 is 1.67. The Hall–Kier alpha value is -1.80. The summed E-state index contributed by atoms with van der Waals surface area (Å²) in [6, 6.07) is 3.94. The van der Waals surface area contributed by atoms with Gasteiger partial charge in [0.25, 0.3) is 5.69 Å². The Balaban J connectivity index is 2.57. The molecule has 0 saturated carbocycles. The standard InChI is InChI=1S/C12H16N2O5S/c15-5-1-6-20-7-4-13-9-2-3-11(14(18)19)10(8-9)12(16)17/h2-3,8,13,15H,1,4-7H2,(H,16,17). The van der Waals surface area contributed by atoms with Gasteiger partial charge in [-0.3, -0.25) is 10.1 Å². The number of hydrogen-bond acceptors (Lipinski definition) is 6. The van der Waals surface area contributed by atoms with Crippen LogP contribution in [0.4, 0.5) is 11.4 Å². The highest BCUT2D eigenvalue weighted by Gasteiger charge is 2.19. The van der Waals surface area contributed by atoms with Crippen LogP contribution in [0.2, 0.25) is 0 Å². The lowest BCUT2D eigenvalue weighted by atomic mass is 10.1. The van der Waals surface area contributed by atoms with Crippen molar-refractivity contribution in [3.05, 3.63) is 33.9 Å². The maximum Gasteiger partial charge on any atom is 0.342 e. The van der Waals surface area contributed by atoms with Crippen molar-refractivity contribution in [1.82, 2.24) is 0 Å². The van der Waals surface area contributed by atoms with Crippen LogP contribution in [0.3, 0.4) is 0 Å². The van der Waals surface area contributed by atoms with E-state index in [1.807, 2.05) is 0 Å². The molecule has 0 atom stereocenters. The summed E-state index contributed by atoms with van der Waals surface area (Å²) in [4.78, 5) is 21.0. The van der Waals surface area contributed by atoms with Crippen LogP contribution in [0.1, 0.15) is 16.8 Å². The maximum absolute atomic E-state index is 11.0. The highest BCUT2D eigenvalue weighted by atomic mass is 32.2. The molecule has 0 heterocycles. The molecule has 3 N–H and O–H groups in total. The molecule has 0 bridgehead atoms. The van der Waals surface area contributed by atoms with E-state index in [9.17, 15) is 14.9 Å². The summed E-state index contributed by atoms with van der Waals surface area (Å²) in [6.07, 6.45) is 0.741. The van der Waals surface area contributed by atoms with E-state index in [1.165, 1.54) is 18.2 Å². The van der Waals surface area contributed by atoms with Crippen molar-refractivity contribution in [3.63, 3.8) is 0 Å². The lowest BCUT2D eigenvalue weighted by molar-refractivity contribution is -0.385. The number of anilines is 1. The van der Waals surface area contributed by atoms with Gasteiger partial charge in [0.05, 0.1) is 4.92 Å². The molecule has 0 aliphatic carbocycles. The lowest BCUT2D eigenvalue weighted by Gasteiger charge is -2.07. The van der Waals surface area contributed by atoms with Gasteiger partial charge in [-0.1, -0.05) is 0 Å². The number of aliphatic hydroxyl groups is 1. The molecule has 8 heteroatoms. The number of hydrogen-bond donors (Lipinski definition) is 3. The minimum absolute atomic E-state index is 0.171. The SMILES string of the molecule is O=C(O)c1cc(NCCSCCCO)ccc1[N+](=O)[O-]. The number of thioether (sulfide) groups is 1. The number of aliphatic hydroxyl groups excluding tert-OH is 1. The molecular weight excluding hydrogens is 284 g/mol. The van der Waals surface area contributed by atoms with Crippen LogP contribution in [0, 0.1) is 10.1 Å². The minimum Gasteiger partial charge on any atom is -0.477 e. The predicted molar refractivity (Wildman–Crippen MR) is 77.6 cm³/mol. The zero-order chi connectivity index (χ0) is 15.0. The van der Waals surface area contributed by atoms with Crippen molar-refractivity contribution in [2.24, 2.45) is 0 Å².